The summed E-state index contributed by atoms with van der Waals surface area (Å²) in [4.78, 5) is 33.0. The summed E-state index contributed by atoms with van der Waals surface area (Å²) in [5, 5.41) is 13.3. The van der Waals surface area contributed by atoms with Crippen LogP contribution < -0.4 is 10.9 Å². The number of aliphatic hydroxyl groups excluding tert-OH is 1. The highest BCUT2D eigenvalue weighted by molar-refractivity contribution is 5.80. The summed E-state index contributed by atoms with van der Waals surface area (Å²) in [6.45, 7) is 0.889. The van der Waals surface area contributed by atoms with Crippen LogP contribution >= 0.6 is 0 Å². The number of carbonyl (C=O) groups is 1. The molecule has 3 aromatic rings. The summed E-state index contributed by atoms with van der Waals surface area (Å²) in [5.41, 5.74) is 3.28. The Morgan fingerprint density at radius 2 is 1.97 bits per heavy atom. The molecule has 170 valence electrons. The maximum atomic E-state index is 13.4. The van der Waals surface area contributed by atoms with E-state index >= 15 is 0 Å². The third-order valence-corrected chi connectivity index (χ3v) is 7.18. The fourth-order valence-electron chi connectivity index (χ4n) is 5.53. The summed E-state index contributed by atoms with van der Waals surface area (Å²) in [7, 11) is 1.98. The minimum absolute atomic E-state index is 0.0680. The Balaban J connectivity index is 1.43. The van der Waals surface area contributed by atoms with Crippen molar-refractivity contribution in [2.75, 3.05) is 20.2 Å². The van der Waals surface area contributed by atoms with Gasteiger partial charge >= 0.3 is 0 Å². The van der Waals surface area contributed by atoms with Crippen LogP contribution in [0.25, 0.3) is 11.1 Å². The van der Waals surface area contributed by atoms with E-state index in [0.717, 1.165) is 17.7 Å². The normalized spacial score (nSPS) is 23.8. The van der Waals surface area contributed by atoms with Crippen molar-refractivity contribution in [2.24, 2.45) is 11.8 Å². The second kappa shape index (κ2) is 8.92. The van der Waals surface area contributed by atoms with Crippen LogP contribution in [0.5, 0.6) is 0 Å². The largest absolute Gasteiger partial charge is 0.396 e. The molecule has 4 heterocycles. The van der Waals surface area contributed by atoms with Gasteiger partial charge in [0.1, 0.15) is 0 Å². The molecule has 0 unspecified atom stereocenters. The van der Waals surface area contributed by atoms with Crippen molar-refractivity contribution < 1.29 is 9.90 Å². The topological polar surface area (TPSA) is 87.5 Å². The first-order valence-corrected chi connectivity index (χ1v) is 11.4. The average molecular weight is 445 g/mol. The first-order valence-electron chi connectivity index (χ1n) is 11.4. The minimum Gasteiger partial charge on any atom is -0.396 e. The van der Waals surface area contributed by atoms with E-state index in [0.29, 0.717) is 18.7 Å². The lowest BCUT2D eigenvalue weighted by Gasteiger charge is -2.35. The summed E-state index contributed by atoms with van der Waals surface area (Å²) in [5.74, 6) is -0.724. The molecule has 0 saturated carbocycles. The lowest BCUT2D eigenvalue weighted by Crippen LogP contribution is -2.44. The Morgan fingerprint density at radius 3 is 2.70 bits per heavy atom. The molecule has 4 atom stereocenters. The Morgan fingerprint density at radius 1 is 1.15 bits per heavy atom. The monoisotopic (exact) mass is 444 g/mol. The molecule has 1 amide bonds. The van der Waals surface area contributed by atoms with Gasteiger partial charge in [0.25, 0.3) is 5.56 Å². The molecule has 7 nitrogen and oxygen atoms in total. The van der Waals surface area contributed by atoms with Gasteiger partial charge in [0, 0.05) is 60.9 Å². The molecule has 2 aliphatic rings. The number of aromatic nitrogens is 2. The van der Waals surface area contributed by atoms with Crippen LogP contribution in [0.2, 0.25) is 0 Å². The number of rotatable bonds is 6. The zero-order chi connectivity index (χ0) is 22.9. The predicted octanol–water partition coefficient (Wildman–Crippen LogP) is 1.86. The molecule has 5 rings (SSSR count). The smallest absolute Gasteiger partial charge is 0.258 e. The Bertz CT molecular complexity index is 1200. The van der Waals surface area contributed by atoms with Crippen molar-refractivity contribution in [2.45, 2.75) is 25.0 Å². The van der Waals surface area contributed by atoms with Crippen molar-refractivity contribution >= 4 is 5.91 Å². The van der Waals surface area contributed by atoms with Gasteiger partial charge in [-0.05, 0) is 37.2 Å². The van der Waals surface area contributed by atoms with Crippen LogP contribution in [-0.2, 0) is 17.8 Å². The van der Waals surface area contributed by atoms with E-state index in [-0.39, 0.29) is 36.1 Å². The van der Waals surface area contributed by atoms with E-state index in [9.17, 15) is 14.7 Å². The van der Waals surface area contributed by atoms with Gasteiger partial charge in [0.2, 0.25) is 5.91 Å². The maximum Gasteiger partial charge on any atom is 0.258 e. The molecule has 1 fully saturated rings. The van der Waals surface area contributed by atoms with Crippen LogP contribution in [0.4, 0.5) is 0 Å². The number of likely N-dealkylation sites (N-methyl/N-ethyl adjacent to an activating group) is 1. The number of nitrogens with zero attached hydrogens (tertiary/aromatic N) is 3. The quantitative estimate of drug-likeness (QED) is 0.606. The lowest BCUT2D eigenvalue weighted by atomic mass is 9.86. The highest BCUT2D eigenvalue weighted by atomic mass is 16.3. The van der Waals surface area contributed by atoms with Crippen molar-refractivity contribution in [3.8, 4) is 11.1 Å². The van der Waals surface area contributed by atoms with Crippen LogP contribution in [0, 0.1) is 11.8 Å². The molecular weight excluding hydrogens is 416 g/mol. The standard InChI is InChI=1S/C26H28N4O3/c1-29-22-15-30-21(10-9-19(26(30)33)18-8-5-12-27-14-18)24(29)23(20(22)16-31)25(32)28-13-11-17-6-3-2-4-7-17/h2-10,12,14,20,22-24,31H,11,13,15-16H2,1H3,(H,28,32)/t20-,22-,23+,24+/m0/s1. The molecule has 2 aliphatic heterocycles. The third-order valence-electron chi connectivity index (χ3n) is 7.18. The van der Waals surface area contributed by atoms with Gasteiger partial charge in [-0.25, -0.2) is 0 Å². The number of carbonyl (C=O) groups excluding carboxylic acids is 1. The van der Waals surface area contributed by atoms with Crippen LogP contribution in [0.3, 0.4) is 0 Å². The van der Waals surface area contributed by atoms with E-state index < -0.39 is 5.92 Å². The van der Waals surface area contributed by atoms with Crippen LogP contribution in [0.15, 0.2) is 71.8 Å². The first kappa shape index (κ1) is 21.6. The number of hydrogen-bond acceptors (Lipinski definition) is 5. The Kier molecular flexibility index (Phi) is 5.83. The number of pyridine rings is 2. The Labute approximate surface area is 192 Å². The van der Waals surface area contributed by atoms with Gasteiger partial charge < -0.3 is 15.0 Å². The SMILES string of the molecule is CN1[C@@H]2c3ccc(-c4cccnc4)c(=O)n3C[C@H]1[C@H](CO)[C@H]2C(=O)NCCc1ccccc1. The van der Waals surface area contributed by atoms with Crippen LogP contribution in [-0.4, -0.2) is 51.7 Å². The molecule has 0 aliphatic carbocycles. The average Bonchev–Trinajstić information content (AvgIpc) is 3.02. The maximum absolute atomic E-state index is 13.4. The zero-order valence-corrected chi connectivity index (χ0v) is 18.6. The molecule has 2 N–H and O–H groups in total. The minimum atomic E-state index is -0.418. The molecule has 0 radical (unpaired) electrons. The number of hydrogen-bond donors (Lipinski definition) is 2. The Hall–Kier alpha value is -3.29. The zero-order valence-electron chi connectivity index (χ0n) is 18.6. The number of amides is 1. The van der Waals surface area contributed by atoms with Gasteiger partial charge in [-0.1, -0.05) is 36.4 Å². The van der Waals surface area contributed by atoms with Gasteiger partial charge in [-0.15, -0.1) is 0 Å². The van der Waals surface area contributed by atoms with Gasteiger partial charge in [0.05, 0.1) is 12.0 Å². The van der Waals surface area contributed by atoms with Crippen molar-refractivity contribution in [1.82, 2.24) is 19.8 Å². The fourth-order valence-corrected chi connectivity index (χ4v) is 5.53. The lowest BCUT2D eigenvalue weighted by molar-refractivity contribution is -0.127. The van der Waals surface area contributed by atoms with Gasteiger partial charge in [0.15, 0.2) is 0 Å². The summed E-state index contributed by atoms with van der Waals surface area (Å²) in [6, 6.07) is 17.2. The van der Waals surface area contributed by atoms with Crippen molar-refractivity contribution in [1.29, 1.82) is 0 Å². The third kappa shape index (κ3) is 3.77. The second-order valence-electron chi connectivity index (χ2n) is 8.91. The number of nitrogens with one attached hydrogen (secondary N) is 1. The van der Waals surface area contributed by atoms with E-state index in [4.69, 9.17) is 0 Å². The van der Waals surface area contributed by atoms with Gasteiger partial charge in [-0.2, -0.15) is 0 Å². The van der Waals surface area contributed by atoms with E-state index in [1.54, 1.807) is 17.0 Å². The number of fused-ring (bicyclic) bond motifs is 4. The van der Waals surface area contributed by atoms with Gasteiger partial charge in [-0.3, -0.25) is 19.5 Å². The van der Waals surface area contributed by atoms with Crippen molar-refractivity contribution in [3.63, 3.8) is 0 Å². The molecule has 7 heteroatoms. The van der Waals surface area contributed by atoms with E-state index in [1.165, 1.54) is 5.56 Å². The summed E-state index contributed by atoms with van der Waals surface area (Å²) < 4.78 is 1.79. The predicted molar refractivity (Wildman–Crippen MR) is 125 cm³/mol. The highest BCUT2D eigenvalue weighted by Crippen LogP contribution is 2.47. The molecule has 1 aromatic carbocycles. The van der Waals surface area contributed by atoms with Crippen molar-refractivity contribution in [3.05, 3.63) is 88.6 Å². The molecule has 2 aromatic heterocycles. The van der Waals surface area contributed by atoms with E-state index in [2.05, 4.69) is 15.2 Å². The van der Waals surface area contributed by atoms with Crippen LogP contribution in [0.1, 0.15) is 17.3 Å². The van der Waals surface area contributed by atoms with E-state index in [1.807, 2.05) is 61.6 Å². The molecule has 2 bridgehead atoms. The molecule has 0 spiro atoms. The number of aliphatic hydroxyl groups is 1. The second-order valence-corrected chi connectivity index (χ2v) is 8.91. The number of benzene rings is 1. The molecule has 1 saturated heterocycles. The summed E-state index contributed by atoms with van der Waals surface area (Å²) >= 11 is 0. The molecule has 33 heavy (non-hydrogen) atoms. The fraction of sp³-hybridized carbons (Fsp3) is 0.346. The first-order chi connectivity index (χ1) is 16.1. The molecular formula is C26H28N4O3. The summed E-state index contributed by atoms with van der Waals surface area (Å²) in [6.07, 6.45) is 4.12. The highest BCUT2D eigenvalue weighted by Gasteiger charge is 2.54.